The molecule has 1 rings (SSSR count). The van der Waals surface area contributed by atoms with E-state index in [-0.39, 0.29) is 0 Å². The predicted octanol–water partition coefficient (Wildman–Crippen LogP) is 0.897. The topological polar surface area (TPSA) is 69.1 Å². The smallest absolute Gasteiger partial charge is 0.124 e. The molecule has 0 aromatic carbocycles. The van der Waals surface area contributed by atoms with Crippen molar-refractivity contribution in [3.05, 3.63) is 17.7 Å². The van der Waals surface area contributed by atoms with Crippen molar-refractivity contribution in [2.24, 2.45) is 0 Å². The van der Waals surface area contributed by atoms with Gasteiger partial charge in [-0.2, -0.15) is 0 Å². The van der Waals surface area contributed by atoms with Crippen LogP contribution in [0.3, 0.4) is 0 Å². The molecule has 5 heteroatoms. The van der Waals surface area contributed by atoms with Crippen molar-refractivity contribution in [2.45, 2.75) is 25.6 Å². The number of imidazole rings is 1. The highest BCUT2D eigenvalue weighted by Gasteiger charge is 2.21. The number of hydrogen-bond acceptors (Lipinski definition) is 3. The summed E-state index contributed by atoms with van der Waals surface area (Å²) in [6.07, 6.45) is 0.354. The summed E-state index contributed by atoms with van der Waals surface area (Å²) in [5.74, 6) is 0. The van der Waals surface area contributed by atoms with Gasteiger partial charge in [0.05, 0.1) is 18.1 Å². The van der Waals surface area contributed by atoms with Crippen molar-refractivity contribution in [3.63, 3.8) is 0 Å². The van der Waals surface area contributed by atoms with Gasteiger partial charge >= 0.3 is 0 Å². The van der Waals surface area contributed by atoms with Gasteiger partial charge in [0.25, 0.3) is 0 Å². The molecule has 0 aliphatic carbocycles. The lowest BCUT2D eigenvalue weighted by molar-refractivity contribution is 0.0146. The summed E-state index contributed by atoms with van der Waals surface area (Å²) < 4.78 is 0. The number of nitrogens with zero attached hydrogens (tertiary/aromatic N) is 1. The standard InChI is InChI=1S/C8H13BrN2O2/c1-5-7(11-4-10-5)8(13)6(12)2-3-9/h4,6,8,12-13H,2-3H2,1H3,(H,10,11). The third kappa shape index (κ3) is 2.52. The number of rotatable bonds is 4. The summed E-state index contributed by atoms with van der Waals surface area (Å²) in [5.41, 5.74) is 1.31. The summed E-state index contributed by atoms with van der Waals surface area (Å²) in [7, 11) is 0. The minimum Gasteiger partial charge on any atom is -0.390 e. The van der Waals surface area contributed by atoms with E-state index in [1.165, 1.54) is 6.33 Å². The Morgan fingerprint density at radius 1 is 1.62 bits per heavy atom. The van der Waals surface area contributed by atoms with Gasteiger partial charge in [-0.25, -0.2) is 4.98 Å². The molecule has 3 N–H and O–H groups in total. The average molecular weight is 249 g/mol. The van der Waals surface area contributed by atoms with Crippen molar-refractivity contribution in [3.8, 4) is 0 Å². The normalized spacial score (nSPS) is 15.7. The molecule has 0 aliphatic heterocycles. The molecule has 1 aromatic rings. The van der Waals surface area contributed by atoms with Crippen LogP contribution in [0.4, 0.5) is 0 Å². The summed E-state index contributed by atoms with van der Waals surface area (Å²) in [6, 6.07) is 0. The zero-order valence-corrected chi connectivity index (χ0v) is 8.95. The van der Waals surface area contributed by atoms with E-state index in [9.17, 15) is 10.2 Å². The summed E-state index contributed by atoms with van der Waals surface area (Å²) >= 11 is 3.20. The first-order valence-corrected chi connectivity index (χ1v) is 5.21. The van der Waals surface area contributed by atoms with Crippen LogP contribution in [-0.4, -0.2) is 31.6 Å². The maximum absolute atomic E-state index is 9.64. The lowest BCUT2D eigenvalue weighted by Crippen LogP contribution is -2.19. The maximum Gasteiger partial charge on any atom is 0.124 e. The van der Waals surface area contributed by atoms with E-state index >= 15 is 0 Å². The summed E-state index contributed by atoms with van der Waals surface area (Å²) in [4.78, 5) is 6.79. The molecule has 0 saturated carbocycles. The average Bonchev–Trinajstić information content (AvgIpc) is 2.50. The van der Waals surface area contributed by atoms with Crippen LogP contribution in [0.1, 0.15) is 23.9 Å². The number of aromatic amines is 1. The second-order valence-electron chi connectivity index (χ2n) is 2.90. The maximum atomic E-state index is 9.64. The van der Waals surface area contributed by atoms with Crippen LogP contribution in [0.5, 0.6) is 0 Å². The molecule has 4 nitrogen and oxygen atoms in total. The van der Waals surface area contributed by atoms with Gasteiger partial charge in [-0.05, 0) is 13.3 Å². The Labute approximate surface area is 85.1 Å². The second-order valence-corrected chi connectivity index (χ2v) is 3.70. The molecule has 0 bridgehead atoms. The minimum absolute atomic E-state index is 0.507. The van der Waals surface area contributed by atoms with E-state index in [2.05, 4.69) is 25.9 Å². The molecule has 0 amide bonds. The van der Waals surface area contributed by atoms with Crippen LogP contribution < -0.4 is 0 Å². The Hall–Kier alpha value is -0.390. The minimum atomic E-state index is -0.899. The molecule has 0 spiro atoms. The van der Waals surface area contributed by atoms with Gasteiger partial charge in [0.2, 0.25) is 0 Å². The Morgan fingerprint density at radius 3 is 2.77 bits per heavy atom. The molecule has 0 fully saturated rings. The first-order chi connectivity index (χ1) is 6.16. The number of aromatic nitrogens is 2. The van der Waals surface area contributed by atoms with Crippen LogP contribution in [0.2, 0.25) is 0 Å². The monoisotopic (exact) mass is 248 g/mol. The molecular weight excluding hydrogens is 236 g/mol. The van der Waals surface area contributed by atoms with E-state index in [0.29, 0.717) is 17.4 Å². The number of alkyl halides is 1. The third-order valence-electron chi connectivity index (χ3n) is 1.92. The van der Waals surface area contributed by atoms with E-state index in [4.69, 9.17) is 0 Å². The van der Waals surface area contributed by atoms with Gasteiger partial charge < -0.3 is 15.2 Å². The number of aryl methyl sites for hydroxylation is 1. The number of aliphatic hydroxyl groups excluding tert-OH is 2. The Balaban J connectivity index is 2.67. The third-order valence-corrected chi connectivity index (χ3v) is 2.38. The highest BCUT2D eigenvalue weighted by Crippen LogP contribution is 2.19. The Kier molecular flexibility index (Phi) is 3.90. The lowest BCUT2D eigenvalue weighted by Gasteiger charge is -2.15. The van der Waals surface area contributed by atoms with Crippen LogP contribution in [0, 0.1) is 6.92 Å². The Morgan fingerprint density at radius 2 is 2.31 bits per heavy atom. The molecule has 2 atom stereocenters. The van der Waals surface area contributed by atoms with Crippen molar-refractivity contribution in [1.29, 1.82) is 0 Å². The van der Waals surface area contributed by atoms with Gasteiger partial charge in [0.15, 0.2) is 0 Å². The van der Waals surface area contributed by atoms with Crippen LogP contribution >= 0.6 is 15.9 Å². The molecule has 13 heavy (non-hydrogen) atoms. The van der Waals surface area contributed by atoms with E-state index in [1.54, 1.807) is 0 Å². The fourth-order valence-corrected chi connectivity index (χ4v) is 1.59. The first-order valence-electron chi connectivity index (χ1n) is 4.08. The van der Waals surface area contributed by atoms with Gasteiger partial charge in [-0.1, -0.05) is 15.9 Å². The number of halogens is 1. The fraction of sp³-hybridized carbons (Fsp3) is 0.625. The van der Waals surface area contributed by atoms with E-state index in [1.807, 2.05) is 6.92 Å². The number of H-pyrrole nitrogens is 1. The van der Waals surface area contributed by atoms with Gasteiger partial charge in [-0.3, -0.25) is 0 Å². The second kappa shape index (κ2) is 4.74. The van der Waals surface area contributed by atoms with Crippen LogP contribution in [-0.2, 0) is 0 Å². The summed E-state index contributed by atoms with van der Waals surface area (Å²) in [6.45, 7) is 1.81. The van der Waals surface area contributed by atoms with Crippen LogP contribution in [0.25, 0.3) is 0 Å². The number of hydrogen-bond donors (Lipinski definition) is 3. The van der Waals surface area contributed by atoms with E-state index in [0.717, 1.165) is 5.69 Å². The molecule has 1 heterocycles. The first kappa shape index (κ1) is 10.7. The highest BCUT2D eigenvalue weighted by atomic mass is 79.9. The van der Waals surface area contributed by atoms with Crippen molar-refractivity contribution in [2.75, 3.05) is 5.33 Å². The molecule has 0 radical (unpaired) electrons. The van der Waals surface area contributed by atoms with E-state index < -0.39 is 12.2 Å². The summed E-state index contributed by atoms with van der Waals surface area (Å²) in [5, 5.41) is 19.8. The molecule has 1 aromatic heterocycles. The highest BCUT2D eigenvalue weighted by molar-refractivity contribution is 9.09. The van der Waals surface area contributed by atoms with Crippen molar-refractivity contribution in [1.82, 2.24) is 9.97 Å². The molecular formula is C8H13BrN2O2. The van der Waals surface area contributed by atoms with Crippen molar-refractivity contribution >= 4 is 15.9 Å². The number of aliphatic hydroxyl groups is 2. The fourth-order valence-electron chi connectivity index (χ4n) is 1.12. The van der Waals surface area contributed by atoms with Crippen molar-refractivity contribution < 1.29 is 10.2 Å². The Bertz CT molecular complexity index is 264. The molecule has 0 aliphatic rings. The zero-order valence-electron chi connectivity index (χ0n) is 7.37. The molecule has 2 unspecified atom stereocenters. The van der Waals surface area contributed by atoms with Gasteiger partial charge in [0.1, 0.15) is 6.10 Å². The number of nitrogens with one attached hydrogen (secondary N) is 1. The molecule has 0 saturated heterocycles. The SMILES string of the molecule is Cc1[nH]cnc1C(O)C(O)CCBr. The lowest BCUT2D eigenvalue weighted by atomic mass is 10.1. The van der Waals surface area contributed by atoms with Crippen LogP contribution in [0.15, 0.2) is 6.33 Å². The quantitative estimate of drug-likeness (QED) is 0.694. The molecule has 74 valence electrons. The van der Waals surface area contributed by atoms with Gasteiger partial charge in [0, 0.05) is 11.0 Å². The predicted molar refractivity (Wildman–Crippen MR) is 52.7 cm³/mol. The largest absolute Gasteiger partial charge is 0.390 e. The zero-order chi connectivity index (χ0) is 9.84. The van der Waals surface area contributed by atoms with Gasteiger partial charge in [-0.15, -0.1) is 0 Å².